The van der Waals surface area contributed by atoms with Crippen molar-refractivity contribution in [1.29, 1.82) is 0 Å². The quantitative estimate of drug-likeness (QED) is 0.118. The molecule has 0 aromatic rings. The van der Waals surface area contributed by atoms with Crippen molar-refractivity contribution < 1.29 is 119 Å². The second kappa shape index (κ2) is 18.7. The number of hydrogen-bond acceptors (Lipinski definition) is 24. The number of fused-ring (bicyclic) bond motifs is 3. The summed E-state index contributed by atoms with van der Waals surface area (Å²) >= 11 is 0. The van der Waals surface area contributed by atoms with Gasteiger partial charge in [-0.3, -0.25) is 4.79 Å². The van der Waals surface area contributed by atoms with E-state index in [0.717, 1.165) is 6.92 Å². The molecule has 0 spiro atoms. The molecule has 6 bridgehead atoms. The van der Waals surface area contributed by atoms with Gasteiger partial charge in [-0.25, -0.2) is 0 Å². The van der Waals surface area contributed by atoms with Crippen LogP contribution < -0.4 is 5.32 Å². The first-order valence-corrected chi connectivity index (χ1v) is 18.4. The van der Waals surface area contributed by atoms with E-state index in [4.69, 9.17) is 47.4 Å². The number of aliphatic hydroxyl groups excluding tert-OH is 13. The summed E-state index contributed by atoms with van der Waals surface area (Å²) in [5.74, 6) is -0.751. The average Bonchev–Trinajstić information content (AvgIpc) is 3.18. The van der Waals surface area contributed by atoms with E-state index in [9.17, 15) is 71.2 Å². The summed E-state index contributed by atoms with van der Waals surface area (Å²) in [7, 11) is 0. The Labute approximate surface area is 323 Å². The van der Waals surface area contributed by atoms with Crippen LogP contribution in [0.15, 0.2) is 0 Å². The number of hydrogen-bond donors (Lipinski definition) is 14. The molecule has 0 radical (unpaired) electrons. The maximum absolute atomic E-state index is 12.6. The molecular weight excluding hydrogens is 782 g/mol. The molecule has 25 nitrogen and oxygen atoms in total. The highest BCUT2D eigenvalue weighted by Crippen LogP contribution is 2.37. The van der Waals surface area contributed by atoms with Gasteiger partial charge in [-0.2, -0.15) is 0 Å². The molecule has 7 fully saturated rings. The number of ether oxygens (including phenoxy) is 10. The molecule has 0 saturated carbocycles. The van der Waals surface area contributed by atoms with Crippen LogP contribution in [0.1, 0.15) is 13.8 Å². The summed E-state index contributed by atoms with van der Waals surface area (Å²) in [6, 6.07) is -1.60. The first-order valence-electron chi connectivity index (χ1n) is 18.4. The normalized spacial score (nSPS) is 53.7. The van der Waals surface area contributed by atoms with Crippen LogP contribution >= 0.6 is 0 Å². The summed E-state index contributed by atoms with van der Waals surface area (Å²) in [5.41, 5.74) is 0. The molecule has 25 heteroatoms. The van der Waals surface area contributed by atoms with Gasteiger partial charge in [0.1, 0.15) is 116 Å². The van der Waals surface area contributed by atoms with Gasteiger partial charge in [-0.05, 0) is 6.92 Å². The molecule has 0 aromatic heterocycles. The Balaban J connectivity index is 1.44. The smallest absolute Gasteiger partial charge is 0.217 e. The second-order valence-corrected chi connectivity index (χ2v) is 14.8. The third-order valence-corrected chi connectivity index (χ3v) is 10.9. The maximum Gasteiger partial charge on any atom is 0.217 e. The third-order valence-electron chi connectivity index (χ3n) is 10.9. The summed E-state index contributed by atoms with van der Waals surface area (Å²) < 4.78 is 58.6. The van der Waals surface area contributed by atoms with Crippen molar-refractivity contribution in [2.45, 2.75) is 167 Å². The molecule has 7 rings (SSSR count). The summed E-state index contributed by atoms with van der Waals surface area (Å²) in [5, 5.41) is 143. The summed E-state index contributed by atoms with van der Waals surface area (Å²) in [6.07, 6.45) is -43.1. The standard InChI is InChI=1S/C32H53NO24/c1-7-14(38)20(44)27-32(49-7)48-6-12-16(40)19(43)22(46)30(53-12)54-24-11(5-36)52-31(23(47)26(24)56-29-21(45)18(42)15(39)9(3-34)51-29)55-25-13(33-8(2)37)28(57-27)50-10(4-35)17(25)41/h7,9-32,34-36,38-47H,3-6H2,1-2H3,(H,33,37)/t7-,9+,10+,11+,12+,13+,14-,15+,16+,17+,18-,19-,20+,21+,22+,23+,24-,25+,26+,27+,28+,29-,30+,31+,32+/m0/s1. The predicted molar refractivity (Wildman–Crippen MR) is 173 cm³/mol. The van der Waals surface area contributed by atoms with Crippen LogP contribution in [0, 0.1) is 0 Å². The van der Waals surface area contributed by atoms with Crippen molar-refractivity contribution in [3.8, 4) is 0 Å². The number of carbonyl (C=O) groups is 1. The molecule has 7 saturated heterocycles. The molecule has 7 aliphatic rings. The van der Waals surface area contributed by atoms with E-state index in [2.05, 4.69) is 5.32 Å². The van der Waals surface area contributed by atoms with Gasteiger partial charge in [0.25, 0.3) is 0 Å². The molecule has 0 unspecified atom stereocenters. The number of aliphatic hydroxyl groups is 13. The van der Waals surface area contributed by atoms with Crippen LogP contribution in [0.5, 0.6) is 0 Å². The maximum atomic E-state index is 12.6. The third kappa shape index (κ3) is 8.98. The van der Waals surface area contributed by atoms with E-state index in [1.54, 1.807) is 0 Å². The molecule has 330 valence electrons. The second-order valence-electron chi connectivity index (χ2n) is 14.8. The molecular formula is C32H53NO24. The topological polar surface area (TPSA) is 384 Å². The van der Waals surface area contributed by atoms with Gasteiger partial charge in [-0.1, -0.05) is 0 Å². The van der Waals surface area contributed by atoms with Crippen molar-refractivity contribution in [3.63, 3.8) is 0 Å². The number of rotatable bonds is 6. The minimum atomic E-state index is -2.15. The van der Waals surface area contributed by atoms with Crippen LogP contribution in [0.25, 0.3) is 0 Å². The number of amides is 1. The summed E-state index contributed by atoms with van der Waals surface area (Å²) in [4.78, 5) is 12.6. The van der Waals surface area contributed by atoms with Crippen molar-refractivity contribution in [2.24, 2.45) is 0 Å². The molecule has 7 aliphatic heterocycles. The van der Waals surface area contributed by atoms with Crippen molar-refractivity contribution in [1.82, 2.24) is 5.32 Å². The lowest BCUT2D eigenvalue weighted by Crippen LogP contribution is -2.70. The van der Waals surface area contributed by atoms with Gasteiger partial charge < -0.3 is 119 Å². The van der Waals surface area contributed by atoms with Crippen LogP contribution in [-0.2, 0) is 52.2 Å². The first kappa shape index (κ1) is 45.1. The SMILES string of the molecule is CC(=O)N[C@H]1[C@H]2O[C@H]3[C@H](OC[C@H]4O[C@H](O[C@@H]5[C@H](O[C@@H]6O[C@H](CO)[C@@H](O)[C@H](O)[C@H]6O)[C@@H](O)[C@@H](O[C@H]1[C@H](O)[C@@H](CO)O2)O[C@@H]5CO)[C@H](O)[C@@H](O)[C@@H]4O)O[C@@H](C)[C@H](O)[C@H]3O. The molecule has 0 aliphatic carbocycles. The lowest BCUT2D eigenvalue weighted by molar-refractivity contribution is -0.396. The van der Waals surface area contributed by atoms with E-state index in [1.165, 1.54) is 6.92 Å². The molecule has 7 heterocycles. The fourth-order valence-electron chi connectivity index (χ4n) is 7.64. The van der Waals surface area contributed by atoms with Crippen LogP contribution in [0.3, 0.4) is 0 Å². The Hall–Kier alpha value is -1.45. The van der Waals surface area contributed by atoms with E-state index in [-0.39, 0.29) is 0 Å². The van der Waals surface area contributed by atoms with Crippen LogP contribution in [0.4, 0.5) is 0 Å². The Morgan fingerprint density at radius 1 is 0.544 bits per heavy atom. The zero-order valence-corrected chi connectivity index (χ0v) is 30.6. The lowest BCUT2D eigenvalue weighted by Gasteiger charge is -2.51. The number of nitrogens with one attached hydrogen (secondary N) is 1. The highest BCUT2D eigenvalue weighted by Gasteiger charge is 2.58. The fraction of sp³-hybridized carbons (Fsp3) is 0.969. The van der Waals surface area contributed by atoms with Crippen LogP contribution in [0.2, 0.25) is 0 Å². The van der Waals surface area contributed by atoms with Crippen molar-refractivity contribution in [2.75, 3.05) is 26.4 Å². The Bertz CT molecular complexity index is 1320. The molecule has 57 heavy (non-hydrogen) atoms. The highest BCUT2D eigenvalue weighted by molar-refractivity contribution is 5.73. The van der Waals surface area contributed by atoms with Gasteiger partial charge in [0.2, 0.25) is 5.91 Å². The average molecular weight is 836 g/mol. The van der Waals surface area contributed by atoms with Gasteiger partial charge in [0.15, 0.2) is 31.5 Å². The molecule has 0 aromatic carbocycles. The Morgan fingerprint density at radius 3 is 1.77 bits per heavy atom. The largest absolute Gasteiger partial charge is 0.394 e. The van der Waals surface area contributed by atoms with Crippen LogP contribution in [-0.4, -0.2) is 252 Å². The van der Waals surface area contributed by atoms with Gasteiger partial charge >= 0.3 is 0 Å². The Morgan fingerprint density at radius 2 is 1.12 bits per heavy atom. The summed E-state index contributed by atoms with van der Waals surface area (Å²) in [6.45, 7) is -0.979. The van der Waals surface area contributed by atoms with Gasteiger partial charge in [0.05, 0.1) is 32.5 Å². The Kier molecular flexibility index (Phi) is 14.8. The zero-order chi connectivity index (χ0) is 41.6. The van der Waals surface area contributed by atoms with E-state index < -0.39 is 186 Å². The van der Waals surface area contributed by atoms with Gasteiger partial charge in [0, 0.05) is 6.92 Å². The molecule has 14 N–H and O–H groups in total. The number of carbonyl (C=O) groups excluding carboxylic acids is 1. The van der Waals surface area contributed by atoms with E-state index in [1.807, 2.05) is 0 Å². The van der Waals surface area contributed by atoms with Gasteiger partial charge in [-0.15, -0.1) is 0 Å². The van der Waals surface area contributed by atoms with Crippen molar-refractivity contribution >= 4 is 5.91 Å². The fourth-order valence-corrected chi connectivity index (χ4v) is 7.64. The molecule has 25 atom stereocenters. The van der Waals surface area contributed by atoms with E-state index >= 15 is 0 Å². The minimum absolute atomic E-state index is 0.699. The zero-order valence-electron chi connectivity index (χ0n) is 30.6. The monoisotopic (exact) mass is 835 g/mol. The minimum Gasteiger partial charge on any atom is -0.394 e. The predicted octanol–water partition coefficient (Wildman–Crippen LogP) is -9.71. The lowest BCUT2D eigenvalue weighted by atomic mass is 9.94. The highest BCUT2D eigenvalue weighted by atomic mass is 16.8. The van der Waals surface area contributed by atoms with E-state index in [0.29, 0.717) is 0 Å². The van der Waals surface area contributed by atoms with Crippen molar-refractivity contribution in [3.05, 3.63) is 0 Å². The molecule has 1 amide bonds. The first-order chi connectivity index (χ1) is 27.0.